The van der Waals surface area contributed by atoms with E-state index >= 15 is 0 Å². The first-order valence-corrected chi connectivity index (χ1v) is 4.93. The third kappa shape index (κ3) is 3.66. The Balaban J connectivity index is 2.82. The second kappa shape index (κ2) is 5.65. The number of rotatable bonds is 4. The predicted molar refractivity (Wildman–Crippen MR) is 57.0 cm³/mol. The summed E-state index contributed by atoms with van der Waals surface area (Å²) >= 11 is 5.54. The molecule has 1 amide bonds. The molecule has 16 heavy (non-hydrogen) atoms. The monoisotopic (exact) mass is 249 g/mol. The summed E-state index contributed by atoms with van der Waals surface area (Å²) in [7, 11) is 0. The van der Waals surface area contributed by atoms with Crippen molar-refractivity contribution in [3.05, 3.63) is 24.3 Å². The first kappa shape index (κ1) is 12.7. The van der Waals surface area contributed by atoms with Gasteiger partial charge < -0.3 is 10.1 Å². The highest BCUT2D eigenvalue weighted by molar-refractivity contribution is 6.32. The van der Waals surface area contributed by atoms with Crippen LogP contribution in [0, 0.1) is 0 Å². The minimum absolute atomic E-state index is 0.0943. The third-order valence-corrected chi connectivity index (χ3v) is 1.92. The molecule has 0 aliphatic heterocycles. The number of carbonyl (C=O) groups is 1. The van der Waals surface area contributed by atoms with Crippen LogP contribution in [0.4, 0.5) is 14.5 Å². The summed E-state index contributed by atoms with van der Waals surface area (Å²) in [6.07, 6.45) is 0. The van der Waals surface area contributed by atoms with Gasteiger partial charge in [0.05, 0.1) is 5.69 Å². The number of benzene rings is 1. The standard InChI is InChI=1S/C10H10ClF2NO2/c1-6(11)9(15)14-7-4-2-3-5-8(7)16-10(12)13/h2-6,10H,1H3,(H,14,15)/t6-/m1/s1. The number of hydrogen-bond donors (Lipinski definition) is 1. The Kier molecular flexibility index (Phi) is 4.49. The lowest BCUT2D eigenvalue weighted by Gasteiger charge is -2.12. The van der Waals surface area contributed by atoms with E-state index in [2.05, 4.69) is 10.1 Å². The number of anilines is 1. The van der Waals surface area contributed by atoms with Crippen LogP contribution in [0.3, 0.4) is 0 Å². The van der Waals surface area contributed by atoms with E-state index in [-0.39, 0.29) is 11.4 Å². The van der Waals surface area contributed by atoms with Gasteiger partial charge in [-0.2, -0.15) is 8.78 Å². The zero-order valence-electron chi connectivity index (χ0n) is 8.41. The maximum absolute atomic E-state index is 12.0. The number of para-hydroxylation sites is 2. The lowest BCUT2D eigenvalue weighted by molar-refractivity contribution is -0.115. The average molecular weight is 250 g/mol. The van der Waals surface area contributed by atoms with Crippen LogP contribution in [0.1, 0.15) is 6.92 Å². The van der Waals surface area contributed by atoms with Gasteiger partial charge in [0.25, 0.3) is 0 Å². The van der Waals surface area contributed by atoms with E-state index in [1.165, 1.54) is 25.1 Å². The van der Waals surface area contributed by atoms with Crippen LogP contribution in [-0.2, 0) is 4.79 Å². The van der Waals surface area contributed by atoms with Crippen molar-refractivity contribution in [2.45, 2.75) is 18.9 Å². The second-order valence-corrected chi connectivity index (χ2v) is 3.63. The van der Waals surface area contributed by atoms with Gasteiger partial charge in [0, 0.05) is 0 Å². The van der Waals surface area contributed by atoms with Crippen LogP contribution in [0.5, 0.6) is 5.75 Å². The summed E-state index contributed by atoms with van der Waals surface area (Å²) in [5.41, 5.74) is 0.167. The Hall–Kier alpha value is -1.36. The molecule has 6 heteroatoms. The second-order valence-electron chi connectivity index (χ2n) is 2.98. The Morgan fingerprint density at radius 1 is 1.44 bits per heavy atom. The predicted octanol–water partition coefficient (Wildman–Crippen LogP) is 2.85. The van der Waals surface area contributed by atoms with E-state index in [9.17, 15) is 13.6 Å². The number of alkyl halides is 3. The third-order valence-electron chi connectivity index (χ3n) is 1.72. The fourth-order valence-electron chi connectivity index (χ4n) is 1.00. The smallest absolute Gasteiger partial charge is 0.387 e. The van der Waals surface area contributed by atoms with E-state index in [1.807, 2.05) is 0 Å². The number of amides is 1. The molecule has 1 aromatic rings. The molecular weight excluding hydrogens is 240 g/mol. The fraction of sp³-hybridized carbons (Fsp3) is 0.300. The molecular formula is C10H10ClF2NO2. The van der Waals surface area contributed by atoms with Crippen molar-refractivity contribution >= 4 is 23.2 Å². The summed E-state index contributed by atoms with van der Waals surface area (Å²) in [6.45, 7) is -1.46. The minimum Gasteiger partial charge on any atom is -0.433 e. The number of nitrogens with one attached hydrogen (secondary N) is 1. The van der Waals surface area contributed by atoms with Gasteiger partial charge >= 0.3 is 6.61 Å². The Morgan fingerprint density at radius 3 is 2.62 bits per heavy atom. The SMILES string of the molecule is C[C@@H](Cl)C(=O)Nc1ccccc1OC(F)F. The first-order chi connectivity index (χ1) is 7.50. The fourth-order valence-corrected chi connectivity index (χ4v) is 1.06. The molecule has 0 bridgehead atoms. The number of carbonyl (C=O) groups excluding carboxylic acids is 1. The topological polar surface area (TPSA) is 38.3 Å². The van der Waals surface area contributed by atoms with Gasteiger partial charge in [-0.25, -0.2) is 0 Å². The molecule has 0 aliphatic rings. The molecule has 1 rings (SSSR count). The van der Waals surface area contributed by atoms with Crippen molar-refractivity contribution in [2.75, 3.05) is 5.32 Å². The van der Waals surface area contributed by atoms with E-state index in [0.717, 1.165) is 0 Å². The Labute approximate surface area is 96.4 Å². The van der Waals surface area contributed by atoms with Gasteiger partial charge in [-0.15, -0.1) is 11.6 Å². The highest BCUT2D eigenvalue weighted by Crippen LogP contribution is 2.25. The van der Waals surface area contributed by atoms with Crippen LogP contribution in [0.2, 0.25) is 0 Å². The molecule has 0 aromatic heterocycles. The van der Waals surface area contributed by atoms with E-state index in [1.54, 1.807) is 6.07 Å². The van der Waals surface area contributed by atoms with Crippen molar-refractivity contribution in [1.82, 2.24) is 0 Å². The molecule has 1 atom stereocenters. The lowest BCUT2D eigenvalue weighted by Crippen LogP contribution is -2.21. The molecule has 0 aliphatic carbocycles. The molecule has 0 saturated carbocycles. The van der Waals surface area contributed by atoms with Crippen LogP contribution in [-0.4, -0.2) is 17.9 Å². The molecule has 3 nitrogen and oxygen atoms in total. The van der Waals surface area contributed by atoms with Gasteiger partial charge in [-0.3, -0.25) is 4.79 Å². The van der Waals surface area contributed by atoms with Gasteiger partial charge in [-0.05, 0) is 19.1 Å². The summed E-state index contributed by atoms with van der Waals surface area (Å²) in [5.74, 6) is -0.574. The molecule has 1 aromatic carbocycles. The number of halogens is 3. The van der Waals surface area contributed by atoms with Crippen molar-refractivity contribution < 1.29 is 18.3 Å². The minimum atomic E-state index is -2.94. The molecule has 88 valence electrons. The van der Waals surface area contributed by atoms with Crippen molar-refractivity contribution in [3.63, 3.8) is 0 Å². The molecule has 0 spiro atoms. The van der Waals surface area contributed by atoms with Crippen molar-refractivity contribution in [3.8, 4) is 5.75 Å². The van der Waals surface area contributed by atoms with Crippen LogP contribution in [0.15, 0.2) is 24.3 Å². The molecule has 1 N–H and O–H groups in total. The van der Waals surface area contributed by atoms with Crippen LogP contribution < -0.4 is 10.1 Å². The van der Waals surface area contributed by atoms with Crippen LogP contribution in [0.25, 0.3) is 0 Å². The van der Waals surface area contributed by atoms with E-state index in [0.29, 0.717) is 0 Å². The van der Waals surface area contributed by atoms with Gasteiger partial charge in [-0.1, -0.05) is 12.1 Å². The maximum atomic E-state index is 12.0. The largest absolute Gasteiger partial charge is 0.433 e. The summed E-state index contributed by atoms with van der Waals surface area (Å²) < 4.78 is 28.3. The van der Waals surface area contributed by atoms with Crippen LogP contribution >= 0.6 is 11.6 Å². The maximum Gasteiger partial charge on any atom is 0.387 e. The Morgan fingerprint density at radius 2 is 2.06 bits per heavy atom. The first-order valence-electron chi connectivity index (χ1n) is 4.49. The molecule has 0 saturated heterocycles. The number of ether oxygens (including phenoxy) is 1. The molecule has 0 heterocycles. The summed E-state index contributed by atoms with van der Waals surface area (Å²) in [5, 5.41) is 1.64. The van der Waals surface area contributed by atoms with E-state index < -0.39 is 17.9 Å². The quantitative estimate of drug-likeness (QED) is 0.834. The zero-order chi connectivity index (χ0) is 12.1. The van der Waals surface area contributed by atoms with Gasteiger partial charge in [0.15, 0.2) is 0 Å². The molecule has 0 radical (unpaired) electrons. The van der Waals surface area contributed by atoms with E-state index in [4.69, 9.17) is 11.6 Å². The average Bonchev–Trinajstić information content (AvgIpc) is 2.20. The normalized spacial score (nSPS) is 12.3. The van der Waals surface area contributed by atoms with Crippen molar-refractivity contribution in [2.24, 2.45) is 0 Å². The molecule has 0 fully saturated rings. The Bertz CT molecular complexity index is 372. The summed E-state index contributed by atoms with van der Waals surface area (Å²) in [4.78, 5) is 11.3. The number of hydrogen-bond acceptors (Lipinski definition) is 2. The zero-order valence-corrected chi connectivity index (χ0v) is 9.17. The van der Waals surface area contributed by atoms with Crippen molar-refractivity contribution in [1.29, 1.82) is 0 Å². The lowest BCUT2D eigenvalue weighted by atomic mass is 10.3. The van der Waals surface area contributed by atoms with Gasteiger partial charge in [0.2, 0.25) is 5.91 Å². The highest BCUT2D eigenvalue weighted by atomic mass is 35.5. The van der Waals surface area contributed by atoms with Gasteiger partial charge in [0.1, 0.15) is 11.1 Å². The molecule has 0 unspecified atom stereocenters. The summed E-state index contributed by atoms with van der Waals surface area (Å²) in [6, 6.07) is 5.90. The highest BCUT2D eigenvalue weighted by Gasteiger charge is 2.14.